The summed E-state index contributed by atoms with van der Waals surface area (Å²) < 4.78 is 0. The van der Waals surface area contributed by atoms with Crippen molar-refractivity contribution >= 4 is 22.7 Å². The van der Waals surface area contributed by atoms with Gasteiger partial charge in [-0.05, 0) is 29.3 Å². The molecular weight excluding hydrogens is 238 g/mol. The van der Waals surface area contributed by atoms with Gasteiger partial charge in [0.25, 0.3) is 0 Å². The van der Waals surface area contributed by atoms with E-state index in [0.717, 1.165) is 22.1 Å². The van der Waals surface area contributed by atoms with E-state index in [1.165, 1.54) is 5.56 Å². The molecule has 0 spiro atoms. The molecule has 0 aliphatic heterocycles. The second-order valence-corrected chi connectivity index (χ2v) is 5.14. The topological polar surface area (TPSA) is 41.6 Å². The van der Waals surface area contributed by atoms with Crippen molar-refractivity contribution in [2.24, 2.45) is 0 Å². The third-order valence-corrected chi connectivity index (χ3v) is 4.07. The van der Waals surface area contributed by atoms with Gasteiger partial charge in [-0.15, -0.1) is 11.3 Å². The molecule has 80 valence electrons. The van der Waals surface area contributed by atoms with Crippen LogP contribution in [0, 0.1) is 6.92 Å². The summed E-state index contributed by atoms with van der Waals surface area (Å²) in [4.78, 5) is 5.62. The molecule has 16 heavy (non-hydrogen) atoms. The Kier molecular flexibility index (Phi) is 2.34. The van der Waals surface area contributed by atoms with E-state index in [1.807, 2.05) is 17.5 Å². The predicted molar refractivity (Wildman–Crippen MR) is 67.7 cm³/mol. The Hall–Kier alpha value is -1.46. The fourth-order valence-electron chi connectivity index (χ4n) is 1.50. The summed E-state index contributed by atoms with van der Waals surface area (Å²) in [7, 11) is 0. The van der Waals surface area contributed by atoms with E-state index in [0.29, 0.717) is 0 Å². The van der Waals surface area contributed by atoms with Crippen LogP contribution in [-0.4, -0.2) is 15.2 Å². The van der Waals surface area contributed by atoms with Gasteiger partial charge in [-0.3, -0.25) is 5.10 Å². The Labute approximate surface area is 101 Å². The molecular formula is C11H9N3S2. The number of thiophene rings is 2. The van der Waals surface area contributed by atoms with Crippen molar-refractivity contribution in [1.29, 1.82) is 0 Å². The summed E-state index contributed by atoms with van der Waals surface area (Å²) in [5, 5.41) is 13.5. The molecule has 3 rings (SSSR count). The van der Waals surface area contributed by atoms with Crippen LogP contribution in [0.25, 0.3) is 22.1 Å². The van der Waals surface area contributed by atoms with Crippen LogP contribution >= 0.6 is 22.7 Å². The first-order valence-corrected chi connectivity index (χ1v) is 6.66. The Morgan fingerprint density at radius 2 is 2.25 bits per heavy atom. The lowest BCUT2D eigenvalue weighted by molar-refractivity contribution is 1.10. The van der Waals surface area contributed by atoms with Crippen molar-refractivity contribution in [3.05, 3.63) is 33.8 Å². The van der Waals surface area contributed by atoms with Gasteiger partial charge in [-0.2, -0.15) is 16.4 Å². The van der Waals surface area contributed by atoms with Gasteiger partial charge in [0.1, 0.15) is 0 Å². The molecule has 0 unspecified atom stereocenters. The molecule has 0 saturated heterocycles. The number of aromatic nitrogens is 3. The Balaban J connectivity index is 2.03. The zero-order valence-corrected chi connectivity index (χ0v) is 10.2. The number of nitrogens with zero attached hydrogens (tertiary/aromatic N) is 2. The van der Waals surface area contributed by atoms with Crippen molar-refractivity contribution in [3.8, 4) is 22.1 Å². The van der Waals surface area contributed by atoms with Crippen LogP contribution < -0.4 is 0 Å². The lowest BCUT2D eigenvalue weighted by atomic mass is 10.2. The summed E-state index contributed by atoms with van der Waals surface area (Å²) in [5.74, 6) is 1.62. The minimum atomic E-state index is 0.780. The zero-order valence-electron chi connectivity index (χ0n) is 8.60. The van der Waals surface area contributed by atoms with Crippen LogP contribution in [0.15, 0.2) is 28.3 Å². The number of rotatable bonds is 2. The van der Waals surface area contributed by atoms with Crippen molar-refractivity contribution in [1.82, 2.24) is 15.2 Å². The first kappa shape index (κ1) is 9.74. The van der Waals surface area contributed by atoms with E-state index >= 15 is 0 Å². The molecule has 0 atom stereocenters. The van der Waals surface area contributed by atoms with Crippen molar-refractivity contribution < 1.29 is 0 Å². The van der Waals surface area contributed by atoms with E-state index in [2.05, 4.69) is 32.9 Å². The standard InChI is InChI=1S/C11H9N3S2/c1-7-5-15-6-8(7)10-12-11(14-13-10)9-3-2-4-16-9/h2-6H,1H3,(H,12,13,14). The molecule has 0 saturated carbocycles. The second kappa shape index (κ2) is 3.84. The average molecular weight is 247 g/mol. The van der Waals surface area contributed by atoms with Gasteiger partial charge < -0.3 is 0 Å². The molecule has 0 radical (unpaired) electrons. The maximum absolute atomic E-state index is 4.51. The van der Waals surface area contributed by atoms with Crippen LogP contribution in [0.2, 0.25) is 0 Å². The molecule has 0 aromatic carbocycles. The number of hydrogen-bond acceptors (Lipinski definition) is 4. The predicted octanol–water partition coefficient (Wildman–Crippen LogP) is 3.57. The van der Waals surface area contributed by atoms with Gasteiger partial charge in [0.15, 0.2) is 11.6 Å². The molecule has 3 nitrogen and oxygen atoms in total. The molecule has 3 heterocycles. The summed E-state index contributed by atoms with van der Waals surface area (Å²) >= 11 is 3.34. The largest absolute Gasteiger partial charge is 0.258 e. The van der Waals surface area contributed by atoms with Crippen molar-refractivity contribution in [2.45, 2.75) is 6.92 Å². The molecule has 5 heteroatoms. The zero-order chi connectivity index (χ0) is 11.0. The van der Waals surface area contributed by atoms with E-state index < -0.39 is 0 Å². The van der Waals surface area contributed by atoms with E-state index in [4.69, 9.17) is 0 Å². The monoisotopic (exact) mass is 247 g/mol. The highest BCUT2D eigenvalue weighted by Crippen LogP contribution is 2.27. The average Bonchev–Trinajstić information content (AvgIpc) is 2.96. The van der Waals surface area contributed by atoms with Crippen LogP contribution in [0.3, 0.4) is 0 Å². The number of H-pyrrole nitrogens is 1. The lowest BCUT2D eigenvalue weighted by Crippen LogP contribution is -1.79. The highest BCUT2D eigenvalue weighted by atomic mass is 32.1. The van der Waals surface area contributed by atoms with Crippen LogP contribution in [-0.2, 0) is 0 Å². The summed E-state index contributed by atoms with van der Waals surface area (Å²) in [6.07, 6.45) is 0. The number of hydrogen-bond donors (Lipinski definition) is 1. The molecule has 0 amide bonds. The lowest BCUT2D eigenvalue weighted by Gasteiger charge is -1.90. The highest BCUT2D eigenvalue weighted by Gasteiger charge is 2.10. The van der Waals surface area contributed by atoms with E-state index in [9.17, 15) is 0 Å². The first-order valence-electron chi connectivity index (χ1n) is 4.84. The quantitative estimate of drug-likeness (QED) is 0.752. The molecule has 0 bridgehead atoms. The molecule has 0 aliphatic rings. The number of aryl methyl sites for hydroxylation is 1. The fourth-order valence-corrected chi connectivity index (χ4v) is 2.99. The summed E-state index contributed by atoms with van der Waals surface area (Å²) in [6, 6.07) is 4.05. The minimum Gasteiger partial charge on any atom is -0.258 e. The third kappa shape index (κ3) is 1.58. The maximum Gasteiger partial charge on any atom is 0.182 e. The molecule has 0 aliphatic carbocycles. The summed E-state index contributed by atoms with van der Waals surface area (Å²) in [5.41, 5.74) is 2.34. The van der Waals surface area contributed by atoms with Crippen molar-refractivity contribution in [2.75, 3.05) is 0 Å². The molecule has 3 aromatic heterocycles. The van der Waals surface area contributed by atoms with Crippen LogP contribution in [0.4, 0.5) is 0 Å². The summed E-state index contributed by atoms with van der Waals surface area (Å²) in [6.45, 7) is 2.08. The second-order valence-electron chi connectivity index (χ2n) is 3.45. The van der Waals surface area contributed by atoms with Crippen LogP contribution in [0.1, 0.15) is 5.56 Å². The molecule has 0 fully saturated rings. The van der Waals surface area contributed by atoms with Gasteiger partial charge in [-0.1, -0.05) is 6.07 Å². The third-order valence-electron chi connectivity index (χ3n) is 2.34. The SMILES string of the molecule is Cc1cscc1-c1n[nH]c(-c2cccs2)n1. The fraction of sp³-hybridized carbons (Fsp3) is 0.0909. The van der Waals surface area contributed by atoms with Gasteiger partial charge in [0, 0.05) is 10.9 Å². The smallest absolute Gasteiger partial charge is 0.182 e. The van der Waals surface area contributed by atoms with Gasteiger partial charge in [0.05, 0.1) is 4.88 Å². The van der Waals surface area contributed by atoms with Crippen LogP contribution in [0.5, 0.6) is 0 Å². The van der Waals surface area contributed by atoms with Gasteiger partial charge in [-0.25, -0.2) is 4.98 Å². The Morgan fingerprint density at radius 3 is 2.94 bits per heavy atom. The van der Waals surface area contributed by atoms with Gasteiger partial charge >= 0.3 is 0 Å². The Morgan fingerprint density at radius 1 is 1.31 bits per heavy atom. The maximum atomic E-state index is 4.51. The first-order chi connectivity index (χ1) is 7.84. The van der Waals surface area contributed by atoms with Gasteiger partial charge in [0.2, 0.25) is 0 Å². The molecule has 1 N–H and O–H groups in total. The number of aromatic amines is 1. The highest BCUT2D eigenvalue weighted by molar-refractivity contribution is 7.13. The minimum absolute atomic E-state index is 0.780. The normalized spacial score (nSPS) is 10.8. The molecule has 3 aromatic rings. The van der Waals surface area contributed by atoms with Crippen molar-refractivity contribution in [3.63, 3.8) is 0 Å². The Bertz CT molecular complexity index is 592. The van der Waals surface area contributed by atoms with E-state index in [-0.39, 0.29) is 0 Å². The number of nitrogens with one attached hydrogen (secondary N) is 1. The van der Waals surface area contributed by atoms with E-state index in [1.54, 1.807) is 22.7 Å².